The molecule has 0 radical (unpaired) electrons. The van der Waals surface area contributed by atoms with Gasteiger partial charge in [0.1, 0.15) is 12.4 Å². The molecule has 0 unspecified atom stereocenters. The molecule has 1 aromatic carbocycles. The Morgan fingerprint density at radius 2 is 2.04 bits per heavy atom. The number of carbonyl (C=O) groups is 2. The number of hydrogen-bond donors (Lipinski definition) is 1. The number of hydrogen-bond acceptors (Lipinski definition) is 5. The molecule has 1 aliphatic heterocycles. The monoisotopic (exact) mass is 349 g/mol. The van der Waals surface area contributed by atoms with E-state index in [1.807, 2.05) is 0 Å². The summed E-state index contributed by atoms with van der Waals surface area (Å²) in [4.78, 5) is 23.6. The van der Waals surface area contributed by atoms with Crippen molar-refractivity contribution in [1.82, 2.24) is 5.32 Å². The molecule has 1 aliphatic rings. The van der Waals surface area contributed by atoms with Crippen molar-refractivity contribution in [3.8, 4) is 5.75 Å². The Bertz CT molecular complexity index is 549. The van der Waals surface area contributed by atoms with Crippen LogP contribution in [0.15, 0.2) is 24.3 Å². The van der Waals surface area contributed by atoms with Gasteiger partial charge in [0.05, 0.1) is 11.7 Å². The van der Waals surface area contributed by atoms with Crippen LogP contribution in [0.1, 0.15) is 43.5 Å². The molecule has 138 valence electrons. The van der Waals surface area contributed by atoms with E-state index in [0.29, 0.717) is 30.4 Å². The highest BCUT2D eigenvalue weighted by Gasteiger charge is 2.16. The minimum Gasteiger partial charge on any atom is -0.491 e. The van der Waals surface area contributed by atoms with Crippen LogP contribution in [0, 0.1) is 5.92 Å². The summed E-state index contributed by atoms with van der Waals surface area (Å²) in [7, 11) is 0. The van der Waals surface area contributed by atoms with Gasteiger partial charge >= 0.3 is 5.97 Å². The molecule has 25 heavy (non-hydrogen) atoms. The van der Waals surface area contributed by atoms with E-state index in [1.165, 1.54) is 0 Å². The van der Waals surface area contributed by atoms with E-state index in [4.69, 9.17) is 14.2 Å². The van der Waals surface area contributed by atoms with Crippen molar-refractivity contribution in [1.29, 1.82) is 0 Å². The van der Waals surface area contributed by atoms with Gasteiger partial charge in [0.15, 0.2) is 6.61 Å². The zero-order valence-corrected chi connectivity index (χ0v) is 15.0. The van der Waals surface area contributed by atoms with Crippen LogP contribution in [-0.2, 0) is 14.3 Å². The van der Waals surface area contributed by atoms with Gasteiger partial charge in [-0.15, -0.1) is 0 Å². The van der Waals surface area contributed by atoms with Gasteiger partial charge in [0.2, 0.25) is 0 Å². The summed E-state index contributed by atoms with van der Waals surface area (Å²) >= 11 is 0. The number of carbonyl (C=O) groups excluding carboxylic acids is 2. The number of benzene rings is 1. The van der Waals surface area contributed by atoms with Crippen LogP contribution in [-0.4, -0.2) is 44.3 Å². The third-order valence-electron chi connectivity index (χ3n) is 3.93. The van der Waals surface area contributed by atoms with E-state index in [2.05, 4.69) is 19.2 Å². The van der Waals surface area contributed by atoms with Gasteiger partial charge in [0, 0.05) is 13.2 Å². The summed E-state index contributed by atoms with van der Waals surface area (Å²) in [6, 6.07) is 6.69. The quantitative estimate of drug-likeness (QED) is 0.694. The molecule has 0 saturated carbocycles. The molecule has 1 saturated heterocycles. The Hall–Kier alpha value is -2.08. The van der Waals surface area contributed by atoms with E-state index in [1.54, 1.807) is 24.3 Å². The molecule has 6 nitrogen and oxygen atoms in total. The van der Waals surface area contributed by atoms with Crippen molar-refractivity contribution in [2.75, 3.05) is 26.4 Å². The fraction of sp³-hybridized carbons (Fsp3) is 0.579. The Balaban J connectivity index is 1.69. The van der Waals surface area contributed by atoms with Gasteiger partial charge in [-0.1, -0.05) is 13.8 Å². The summed E-state index contributed by atoms with van der Waals surface area (Å²) in [5.41, 5.74) is 0.388. The van der Waals surface area contributed by atoms with Crippen molar-refractivity contribution < 1.29 is 23.8 Å². The van der Waals surface area contributed by atoms with Gasteiger partial charge in [-0.2, -0.15) is 0 Å². The Kier molecular flexibility index (Phi) is 7.73. The van der Waals surface area contributed by atoms with Crippen molar-refractivity contribution in [3.05, 3.63) is 29.8 Å². The largest absolute Gasteiger partial charge is 0.491 e. The first-order valence-electron chi connectivity index (χ1n) is 8.83. The first-order chi connectivity index (χ1) is 12.0. The predicted octanol–water partition coefficient (Wildman–Crippen LogP) is 2.56. The second-order valence-corrected chi connectivity index (χ2v) is 6.58. The molecule has 0 bridgehead atoms. The lowest BCUT2D eigenvalue weighted by Crippen LogP contribution is -2.30. The van der Waals surface area contributed by atoms with E-state index in [-0.39, 0.29) is 18.6 Å². The molecule has 0 spiro atoms. The second-order valence-electron chi connectivity index (χ2n) is 6.58. The summed E-state index contributed by atoms with van der Waals surface area (Å²) in [6.07, 6.45) is 3.14. The highest BCUT2D eigenvalue weighted by atomic mass is 16.5. The fourth-order valence-corrected chi connectivity index (χ4v) is 2.42. The van der Waals surface area contributed by atoms with Gasteiger partial charge in [-0.25, -0.2) is 4.79 Å². The first-order valence-corrected chi connectivity index (χ1v) is 8.83. The lowest BCUT2D eigenvalue weighted by Gasteiger charge is -2.11. The van der Waals surface area contributed by atoms with Crippen molar-refractivity contribution >= 4 is 11.9 Å². The van der Waals surface area contributed by atoms with Crippen molar-refractivity contribution in [2.45, 2.75) is 39.2 Å². The lowest BCUT2D eigenvalue weighted by molar-refractivity contribution is -0.124. The molecule has 0 aliphatic carbocycles. The Labute approximate surface area is 148 Å². The first kappa shape index (κ1) is 19.2. The molecule has 0 aromatic heterocycles. The normalized spacial score (nSPS) is 16.7. The average molecular weight is 349 g/mol. The van der Waals surface area contributed by atoms with Gasteiger partial charge in [-0.3, -0.25) is 4.79 Å². The molecule has 6 heteroatoms. The number of rotatable bonds is 9. The lowest BCUT2D eigenvalue weighted by atomic mass is 10.1. The summed E-state index contributed by atoms with van der Waals surface area (Å²) in [6.45, 7) is 5.80. The molecule has 2 rings (SSSR count). The van der Waals surface area contributed by atoms with E-state index in [9.17, 15) is 9.59 Å². The molecule has 1 atom stereocenters. The van der Waals surface area contributed by atoms with E-state index >= 15 is 0 Å². The number of amides is 1. The Morgan fingerprint density at radius 1 is 1.28 bits per heavy atom. The highest BCUT2D eigenvalue weighted by molar-refractivity contribution is 5.91. The average Bonchev–Trinajstić information content (AvgIpc) is 3.11. The van der Waals surface area contributed by atoms with Crippen molar-refractivity contribution in [3.63, 3.8) is 0 Å². The highest BCUT2D eigenvalue weighted by Crippen LogP contribution is 2.17. The number of esters is 1. The molecule has 1 amide bonds. The van der Waals surface area contributed by atoms with Crippen LogP contribution >= 0.6 is 0 Å². The number of nitrogens with one attached hydrogen (secondary N) is 1. The molecular formula is C19H27NO5. The van der Waals surface area contributed by atoms with Crippen molar-refractivity contribution in [2.24, 2.45) is 5.92 Å². The maximum atomic E-state index is 11.9. The van der Waals surface area contributed by atoms with Crippen LogP contribution in [0.25, 0.3) is 0 Å². The summed E-state index contributed by atoms with van der Waals surface area (Å²) in [5.74, 6) is 0.387. The smallest absolute Gasteiger partial charge is 0.338 e. The zero-order chi connectivity index (χ0) is 18.1. The van der Waals surface area contributed by atoms with Crippen LogP contribution in [0.2, 0.25) is 0 Å². The number of ether oxygens (including phenoxy) is 3. The van der Waals surface area contributed by atoms with Crippen LogP contribution in [0.5, 0.6) is 5.75 Å². The molecule has 1 aromatic rings. The van der Waals surface area contributed by atoms with Gasteiger partial charge < -0.3 is 19.5 Å². The molecule has 1 fully saturated rings. The van der Waals surface area contributed by atoms with Gasteiger partial charge in [-0.05, 0) is 49.4 Å². The second kappa shape index (κ2) is 10.0. The molecular weight excluding hydrogens is 322 g/mol. The van der Waals surface area contributed by atoms with Gasteiger partial charge in [0.25, 0.3) is 5.91 Å². The SMILES string of the molecule is CC(C)CCNC(=O)COC(=O)c1ccc(OC[C@H]2CCCO2)cc1. The minimum atomic E-state index is -0.523. The van der Waals surface area contributed by atoms with Crippen LogP contribution < -0.4 is 10.1 Å². The van der Waals surface area contributed by atoms with E-state index in [0.717, 1.165) is 25.9 Å². The summed E-state index contributed by atoms with van der Waals surface area (Å²) in [5, 5.41) is 2.73. The van der Waals surface area contributed by atoms with Crippen LogP contribution in [0.3, 0.4) is 0 Å². The van der Waals surface area contributed by atoms with E-state index < -0.39 is 5.97 Å². The Morgan fingerprint density at radius 3 is 2.68 bits per heavy atom. The third-order valence-corrected chi connectivity index (χ3v) is 3.93. The fourth-order valence-electron chi connectivity index (χ4n) is 2.42. The third kappa shape index (κ3) is 7.13. The van der Waals surface area contributed by atoms with Crippen LogP contribution in [0.4, 0.5) is 0 Å². The maximum absolute atomic E-state index is 11.9. The molecule has 1 N–H and O–H groups in total. The zero-order valence-electron chi connectivity index (χ0n) is 15.0. The predicted molar refractivity (Wildman–Crippen MR) is 93.7 cm³/mol. The summed E-state index contributed by atoms with van der Waals surface area (Å²) < 4.78 is 16.2. The topological polar surface area (TPSA) is 73.9 Å². The standard InChI is InChI=1S/C19H27NO5/c1-14(2)9-10-20-18(21)13-25-19(22)15-5-7-16(8-6-15)24-12-17-4-3-11-23-17/h5-8,14,17H,3-4,9-13H2,1-2H3,(H,20,21)/t17-/m1/s1. The molecule has 1 heterocycles. The minimum absolute atomic E-state index is 0.152. The maximum Gasteiger partial charge on any atom is 0.338 e.